The zero-order chi connectivity index (χ0) is 14.5. The SMILES string of the molecule is O=C(O)C(=O)N(CCO)Cc1cccc2ccccc12. The molecule has 0 aromatic heterocycles. The Morgan fingerprint density at radius 3 is 2.45 bits per heavy atom. The molecule has 5 heteroatoms. The highest BCUT2D eigenvalue weighted by molar-refractivity contribution is 6.31. The summed E-state index contributed by atoms with van der Waals surface area (Å²) in [5.41, 5.74) is 0.853. The van der Waals surface area contributed by atoms with Crippen LogP contribution in [0.2, 0.25) is 0 Å². The lowest BCUT2D eigenvalue weighted by Crippen LogP contribution is -2.37. The highest BCUT2D eigenvalue weighted by Gasteiger charge is 2.21. The minimum atomic E-state index is -1.52. The molecule has 5 nitrogen and oxygen atoms in total. The lowest BCUT2D eigenvalue weighted by Gasteiger charge is -2.20. The van der Waals surface area contributed by atoms with E-state index >= 15 is 0 Å². The summed E-state index contributed by atoms with van der Waals surface area (Å²) in [4.78, 5) is 23.5. The van der Waals surface area contributed by atoms with Gasteiger partial charge in [0, 0.05) is 13.1 Å². The van der Waals surface area contributed by atoms with Gasteiger partial charge in [0.15, 0.2) is 0 Å². The summed E-state index contributed by atoms with van der Waals surface area (Å²) in [7, 11) is 0. The van der Waals surface area contributed by atoms with Gasteiger partial charge in [0.05, 0.1) is 6.61 Å². The van der Waals surface area contributed by atoms with Gasteiger partial charge < -0.3 is 15.1 Å². The van der Waals surface area contributed by atoms with E-state index in [0.29, 0.717) is 0 Å². The van der Waals surface area contributed by atoms with Gasteiger partial charge in [0.1, 0.15) is 0 Å². The standard InChI is InChI=1S/C15H15NO4/c17-9-8-16(14(18)15(19)20)10-12-6-3-5-11-4-1-2-7-13(11)12/h1-7,17H,8-10H2,(H,19,20). The van der Waals surface area contributed by atoms with Gasteiger partial charge in [-0.1, -0.05) is 42.5 Å². The molecule has 0 saturated carbocycles. The first-order valence-electron chi connectivity index (χ1n) is 6.23. The van der Waals surface area contributed by atoms with Crippen LogP contribution >= 0.6 is 0 Å². The molecular formula is C15H15NO4. The molecule has 0 fully saturated rings. The average Bonchev–Trinajstić information content (AvgIpc) is 2.46. The number of aliphatic carboxylic acids is 1. The van der Waals surface area contributed by atoms with Crippen molar-refractivity contribution >= 4 is 22.6 Å². The molecule has 0 spiro atoms. The van der Waals surface area contributed by atoms with Crippen LogP contribution in [-0.4, -0.2) is 40.1 Å². The van der Waals surface area contributed by atoms with E-state index in [-0.39, 0.29) is 19.7 Å². The van der Waals surface area contributed by atoms with E-state index < -0.39 is 11.9 Å². The van der Waals surface area contributed by atoms with Crippen molar-refractivity contribution in [3.8, 4) is 0 Å². The Labute approximate surface area is 116 Å². The summed E-state index contributed by atoms with van der Waals surface area (Å²) >= 11 is 0. The topological polar surface area (TPSA) is 77.8 Å². The maximum Gasteiger partial charge on any atom is 0.394 e. The van der Waals surface area contributed by atoms with Crippen LogP contribution in [0.15, 0.2) is 42.5 Å². The number of carboxylic acid groups (broad SMARTS) is 1. The molecule has 104 valence electrons. The van der Waals surface area contributed by atoms with Gasteiger partial charge in [-0.25, -0.2) is 4.79 Å². The lowest BCUT2D eigenvalue weighted by molar-refractivity contribution is -0.156. The number of aliphatic hydroxyl groups excluding tert-OH is 1. The third-order valence-electron chi connectivity index (χ3n) is 3.08. The van der Waals surface area contributed by atoms with Gasteiger partial charge in [0.25, 0.3) is 0 Å². The number of carboxylic acids is 1. The first-order valence-corrected chi connectivity index (χ1v) is 6.23. The molecule has 0 atom stereocenters. The van der Waals surface area contributed by atoms with Gasteiger partial charge in [-0.15, -0.1) is 0 Å². The smallest absolute Gasteiger partial charge is 0.394 e. The number of carbonyl (C=O) groups excluding carboxylic acids is 1. The second-order valence-corrected chi connectivity index (χ2v) is 4.39. The third-order valence-corrected chi connectivity index (χ3v) is 3.08. The Bertz CT molecular complexity index is 633. The number of hydrogen-bond acceptors (Lipinski definition) is 3. The van der Waals surface area contributed by atoms with E-state index in [2.05, 4.69) is 0 Å². The Morgan fingerprint density at radius 2 is 1.75 bits per heavy atom. The van der Waals surface area contributed by atoms with Crippen molar-refractivity contribution in [3.05, 3.63) is 48.0 Å². The van der Waals surface area contributed by atoms with E-state index in [1.54, 1.807) is 0 Å². The van der Waals surface area contributed by atoms with Crippen molar-refractivity contribution in [2.75, 3.05) is 13.2 Å². The minimum absolute atomic E-state index is 0.00560. The third kappa shape index (κ3) is 2.95. The molecule has 1 amide bonds. The van der Waals surface area contributed by atoms with E-state index in [9.17, 15) is 9.59 Å². The normalized spacial score (nSPS) is 10.4. The van der Waals surface area contributed by atoms with Crippen molar-refractivity contribution < 1.29 is 19.8 Å². The molecule has 0 radical (unpaired) electrons. The fourth-order valence-electron chi connectivity index (χ4n) is 2.14. The van der Waals surface area contributed by atoms with Gasteiger partial charge in [-0.05, 0) is 16.3 Å². The largest absolute Gasteiger partial charge is 0.474 e. The first-order chi connectivity index (χ1) is 9.63. The fourth-order valence-corrected chi connectivity index (χ4v) is 2.14. The van der Waals surface area contributed by atoms with Gasteiger partial charge >= 0.3 is 11.9 Å². The van der Waals surface area contributed by atoms with Gasteiger partial charge in [-0.2, -0.15) is 0 Å². The number of carbonyl (C=O) groups is 2. The Balaban J connectivity index is 2.33. The molecule has 2 aromatic rings. The van der Waals surface area contributed by atoms with Crippen molar-refractivity contribution in [1.29, 1.82) is 0 Å². The van der Waals surface area contributed by atoms with Crippen LogP contribution in [0, 0.1) is 0 Å². The summed E-state index contributed by atoms with van der Waals surface area (Å²) in [6.45, 7) is -0.120. The lowest BCUT2D eigenvalue weighted by atomic mass is 10.0. The summed E-state index contributed by atoms with van der Waals surface area (Å²) in [5, 5.41) is 19.8. The van der Waals surface area contributed by atoms with E-state index in [1.807, 2.05) is 42.5 Å². The predicted molar refractivity (Wildman–Crippen MR) is 74.1 cm³/mol. The van der Waals surface area contributed by atoms with Crippen molar-refractivity contribution in [3.63, 3.8) is 0 Å². The van der Waals surface area contributed by atoms with Crippen LogP contribution < -0.4 is 0 Å². The Morgan fingerprint density at radius 1 is 1.05 bits per heavy atom. The maximum atomic E-state index is 11.6. The molecule has 2 rings (SSSR count). The minimum Gasteiger partial charge on any atom is -0.474 e. The van der Waals surface area contributed by atoms with Crippen molar-refractivity contribution in [1.82, 2.24) is 4.90 Å². The predicted octanol–water partition coefficient (Wildman–Crippen LogP) is 1.25. The summed E-state index contributed by atoms with van der Waals surface area (Å²) in [6.07, 6.45) is 0. The first kappa shape index (κ1) is 14.0. The van der Waals surface area contributed by atoms with Crippen LogP contribution in [0.25, 0.3) is 10.8 Å². The number of rotatable bonds is 4. The molecule has 0 aliphatic rings. The number of nitrogens with zero attached hydrogens (tertiary/aromatic N) is 1. The van der Waals surface area contributed by atoms with Crippen LogP contribution in [0.4, 0.5) is 0 Å². The zero-order valence-corrected chi connectivity index (χ0v) is 10.8. The van der Waals surface area contributed by atoms with Crippen molar-refractivity contribution in [2.45, 2.75) is 6.54 Å². The molecule has 0 aliphatic heterocycles. The van der Waals surface area contributed by atoms with Gasteiger partial charge in [0.2, 0.25) is 0 Å². The number of fused-ring (bicyclic) bond motifs is 1. The average molecular weight is 273 g/mol. The summed E-state index contributed by atoms with van der Waals surface area (Å²) in [6, 6.07) is 13.3. The molecule has 0 saturated heterocycles. The molecule has 0 bridgehead atoms. The summed E-state index contributed by atoms with van der Waals surface area (Å²) in [5.74, 6) is -2.52. The molecule has 2 N–H and O–H groups in total. The monoisotopic (exact) mass is 273 g/mol. The van der Waals surface area contributed by atoms with Crippen LogP contribution in [0.1, 0.15) is 5.56 Å². The van der Waals surface area contributed by atoms with Crippen LogP contribution in [0.5, 0.6) is 0 Å². The molecular weight excluding hydrogens is 258 g/mol. The van der Waals surface area contributed by atoms with Gasteiger partial charge in [-0.3, -0.25) is 4.79 Å². The number of aliphatic hydroxyl groups is 1. The Hall–Kier alpha value is -2.40. The second-order valence-electron chi connectivity index (χ2n) is 4.39. The molecule has 2 aromatic carbocycles. The quantitative estimate of drug-likeness (QED) is 0.822. The molecule has 20 heavy (non-hydrogen) atoms. The highest BCUT2D eigenvalue weighted by Crippen LogP contribution is 2.20. The maximum absolute atomic E-state index is 11.6. The van der Waals surface area contributed by atoms with E-state index in [0.717, 1.165) is 21.2 Å². The van der Waals surface area contributed by atoms with Crippen LogP contribution in [0.3, 0.4) is 0 Å². The number of benzene rings is 2. The fraction of sp³-hybridized carbons (Fsp3) is 0.200. The summed E-state index contributed by atoms with van der Waals surface area (Å²) < 4.78 is 0. The van der Waals surface area contributed by atoms with Crippen LogP contribution in [-0.2, 0) is 16.1 Å². The molecule has 0 unspecified atom stereocenters. The Kier molecular flexibility index (Phi) is 4.32. The van der Waals surface area contributed by atoms with E-state index in [4.69, 9.17) is 10.2 Å². The second kappa shape index (κ2) is 6.16. The number of amides is 1. The van der Waals surface area contributed by atoms with E-state index in [1.165, 1.54) is 0 Å². The molecule has 0 heterocycles. The molecule has 0 aliphatic carbocycles. The number of hydrogen-bond donors (Lipinski definition) is 2. The zero-order valence-electron chi connectivity index (χ0n) is 10.8. The van der Waals surface area contributed by atoms with Crippen molar-refractivity contribution in [2.24, 2.45) is 0 Å². The highest BCUT2D eigenvalue weighted by atomic mass is 16.4.